The number of thioether (sulfide) groups is 1. The van der Waals surface area contributed by atoms with E-state index in [-0.39, 0.29) is 0 Å². The second-order valence-electron chi connectivity index (χ2n) is 5.68. The first-order valence-electron chi connectivity index (χ1n) is 8.58. The molecule has 0 aliphatic rings. The summed E-state index contributed by atoms with van der Waals surface area (Å²) in [4.78, 5) is 11.5. The van der Waals surface area contributed by atoms with Crippen LogP contribution in [-0.2, 0) is 0 Å². The molecule has 0 unspecified atom stereocenters. The predicted molar refractivity (Wildman–Crippen MR) is 104 cm³/mol. The van der Waals surface area contributed by atoms with Crippen LogP contribution in [0.25, 0.3) is 16.7 Å². The number of ether oxygens (including phenoxy) is 1. The number of hydrogen-bond acceptors (Lipinski definition) is 5. The molecule has 0 saturated heterocycles. The van der Waals surface area contributed by atoms with Gasteiger partial charge in [-0.25, -0.2) is 9.97 Å². The molecule has 6 heteroatoms. The lowest BCUT2D eigenvalue weighted by Crippen LogP contribution is -2.25. The van der Waals surface area contributed by atoms with Gasteiger partial charge in [-0.2, -0.15) is 0 Å². The SMILES string of the molecule is CCN(CC)CCSc1nccc(-n2ccc3cc(OC)ccc32)n1. The van der Waals surface area contributed by atoms with Crippen molar-refractivity contribution in [3.8, 4) is 11.6 Å². The number of fused-ring (bicyclic) bond motifs is 1. The van der Waals surface area contributed by atoms with Crippen LogP contribution in [0.4, 0.5) is 0 Å². The summed E-state index contributed by atoms with van der Waals surface area (Å²) in [5.74, 6) is 2.75. The minimum absolute atomic E-state index is 0.819. The summed E-state index contributed by atoms with van der Waals surface area (Å²) in [7, 11) is 1.68. The van der Waals surface area contributed by atoms with Crippen molar-refractivity contribution in [2.45, 2.75) is 19.0 Å². The highest BCUT2D eigenvalue weighted by Crippen LogP contribution is 2.24. The average Bonchev–Trinajstić information content (AvgIpc) is 3.08. The zero-order valence-electron chi connectivity index (χ0n) is 15.0. The molecule has 3 rings (SSSR count). The summed E-state index contributed by atoms with van der Waals surface area (Å²) < 4.78 is 7.38. The molecule has 3 aromatic rings. The molecule has 0 aliphatic carbocycles. The van der Waals surface area contributed by atoms with Gasteiger partial charge in [-0.3, -0.25) is 0 Å². The molecule has 2 aromatic heterocycles. The Hall–Kier alpha value is -2.05. The Morgan fingerprint density at radius 3 is 2.76 bits per heavy atom. The third kappa shape index (κ3) is 4.14. The van der Waals surface area contributed by atoms with Crippen LogP contribution < -0.4 is 4.74 Å². The second-order valence-corrected chi connectivity index (χ2v) is 6.75. The third-order valence-electron chi connectivity index (χ3n) is 4.30. The molecule has 0 atom stereocenters. The van der Waals surface area contributed by atoms with Gasteiger partial charge in [0, 0.05) is 30.1 Å². The predicted octanol–water partition coefficient (Wildman–Crippen LogP) is 3.86. The topological polar surface area (TPSA) is 43.2 Å². The van der Waals surface area contributed by atoms with Crippen molar-refractivity contribution in [1.29, 1.82) is 0 Å². The quantitative estimate of drug-likeness (QED) is 0.453. The molecule has 132 valence electrons. The van der Waals surface area contributed by atoms with E-state index < -0.39 is 0 Å². The number of benzene rings is 1. The Bertz CT molecular complexity index is 829. The number of aromatic nitrogens is 3. The zero-order valence-corrected chi connectivity index (χ0v) is 15.8. The number of methoxy groups -OCH3 is 1. The highest BCUT2D eigenvalue weighted by molar-refractivity contribution is 7.99. The molecule has 0 spiro atoms. The van der Waals surface area contributed by atoms with Crippen LogP contribution in [-0.4, -0.2) is 51.9 Å². The lowest BCUT2D eigenvalue weighted by molar-refractivity contribution is 0.324. The highest BCUT2D eigenvalue weighted by atomic mass is 32.2. The Morgan fingerprint density at radius 1 is 1.16 bits per heavy atom. The standard InChI is InChI=1S/C19H24N4OS/c1-4-22(5-2)12-13-25-19-20-10-8-18(21-19)23-11-9-15-14-16(24-3)6-7-17(15)23/h6-11,14H,4-5,12-13H2,1-3H3. The molecule has 0 radical (unpaired) electrons. The molecule has 0 amide bonds. The molecular weight excluding hydrogens is 332 g/mol. The van der Waals surface area contributed by atoms with Gasteiger partial charge in [-0.1, -0.05) is 25.6 Å². The van der Waals surface area contributed by atoms with E-state index in [9.17, 15) is 0 Å². The summed E-state index contributed by atoms with van der Waals surface area (Å²) in [5.41, 5.74) is 1.11. The van der Waals surface area contributed by atoms with E-state index in [4.69, 9.17) is 9.72 Å². The summed E-state index contributed by atoms with van der Waals surface area (Å²) in [5, 5.41) is 1.95. The van der Waals surface area contributed by atoms with E-state index in [1.165, 1.54) is 0 Å². The van der Waals surface area contributed by atoms with Gasteiger partial charge in [-0.15, -0.1) is 0 Å². The summed E-state index contributed by atoms with van der Waals surface area (Å²) in [6, 6.07) is 10.1. The minimum Gasteiger partial charge on any atom is -0.497 e. The van der Waals surface area contributed by atoms with Gasteiger partial charge in [0.1, 0.15) is 11.6 Å². The second kappa shape index (κ2) is 8.36. The Kier molecular flexibility index (Phi) is 5.94. The van der Waals surface area contributed by atoms with Gasteiger partial charge in [-0.05, 0) is 43.4 Å². The van der Waals surface area contributed by atoms with Gasteiger partial charge in [0.2, 0.25) is 0 Å². The summed E-state index contributed by atoms with van der Waals surface area (Å²) >= 11 is 1.71. The number of hydrogen-bond donors (Lipinski definition) is 0. The molecule has 0 fully saturated rings. The smallest absolute Gasteiger partial charge is 0.189 e. The van der Waals surface area contributed by atoms with E-state index in [2.05, 4.69) is 40.4 Å². The number of rotatable bonds is 8. The molecule has 0 aliphatic heterocycles. The van der Waals surface area contributed by atoms with Crippen molar-refractivity contribution in [3.05, 3.63) is 42.7 Å². The fraction of sp³-hybridized carbons (Fsp3) is 0.368. The molecule has 2 heterocycles. The summed E-state index contributed by atoms with van der Waals surface area (Å²) in [6.45, 7) is 7.60. The van der Waals surface area contributed by atoms with Crippen molar-refractivity contribution >= 4 is 22.7 Å². The van der Waals surface area contributed by atoms with Crippen LogP contribution in [0.1, 0.15) is 13.8 Å². The zero-order chi connectivity index (χ0) is 17.6. The van der Waals surface area contributed by atoms with E-state index in [1.54, 1.807) is 18.9 Å². The van der Waals surface area contributed by atoms with E-state index in [0.29, 0.717) is 0 Å². The van der Waals surface area contributed by atoms with Crippen molar-refractivity contribution < 1.29 is 4.74 Å². The molecule has 1 aromatic carbocycles. The van der Waals surface area contributed by atoms with Crippen LogP contribution in [0, 0.1) is 0 Å². The van der Waals surface area contributed by atoms with Gasteiger partial charge < -0.3 is 14.2 Å². The molecule has 0 N–H and O–H groups in total. The van der Waals surface area contributed by atoms with Gasteiger partial charge in [0.05, 0.1) is 12.6 Å². The maximum Gasteiger partial charge on any atom is 0.189 e. The molecule has 5 nitrogen and oxygen atoms in total. The van der Waals surface area contributed by atoms with Crippen LogP contribution in [0.2, 0.25) is 0 Å². The molecule has 0 bridgehead atoms. The highest BCUT2D eigenvalue weighted by Gasteiger charge is 2.08. The van der Waals surface area contributed by atoms with Crippen LogP contribution in [0.3, 0.4) is 0 Å². The summed E-state index contributed by atoms with van der Waals surface area (Å²) in [6.07, 6.45) is 3.87. The van der Waals surface area contributed by atoms with Gasteiger partial charge >= 0.3 is 0 Å². The van der Waals surface area contributed by atoms with E-state index in [1.807, 2.05) is 30.6 Å². The van der Waals surface area contributed by atoms with E-state index >= 15 is 0 Å². The maximum atomic E-state index is 5.30. The van der Waals surface area contributed by atoms with Crippen LogP contribution >= 0.6 is 11.8 Å². The molecule has 0 saturated carbocycles. The molecular formula is C19H24N4OS. The first-order chi connectivity index (χ1) is 12.2. The fourth-order valence-electron chi connectivity index (χ4n) is 2.79. The van der Waals surface area contributed by atoms with Crippen molar-refractivity contribution in [3.63, 3.8) is 0 Å². The van der Waals surface area contributed by atoms with Crippen molar-refractivity contribution in [1.82, 2.24) is 19.4 Å². The van der Waals surface area contributed by atoms with Crippen LogP contribution in [0.15, 0.2) is 47.9 Å². The maximum absolute atomic E-state index is 5.30. The Morgan fingerprint density at radius 2 is 2.00 bits per heavy atom. The Balaban J connectivity index is 1.77. The van der Waals surface area contributed by atoms with Crippen LogP contribution in [0.5, 0.6) is 5.75 Å². The monoisotopic (exact) mass is 356 g/mol. The Labute approximate surface area is 153 Å². The van der Waals surface area contributed by atoms with Crippen molar-refractivity contribution in [2.24, 2.45) is 0 Å². The van der Waals surface area contributed by atoms with Crippen molar-refractivity contribution in [2.75, 3.05) is 32.5 Å². The van der Waals surface area contributed by atoms with E-state index in [0.717, 1.165) is 53.0 Å². The van der Waals surface area contributed by atoms with Gasteiger partial charge in [0.25, 0.3) is 0 Å². The fourth-order valence-corrected chi connectivity index (χ4v) is 3.61. The first-order valence-corrected chi connectivity index (χ1v) is 9.57. The van der Waals surface area contributed by atoms with Gasteiger partial charge in [0.15, 0.2) is 5.16 Å². The largest absolute Gasteiger partial charge is 0.497 e. The molecule has 25 heavy (non-hydrogen) atoms. The normalized spacial score (nSPS) is 11.4. The number of nitrogens with zero attached hydrogens (tertiary/aromatic N) is 4. The minimum atomic E-state index is 0.819. The average molecular weight is 356 g/mol. The first kappa shape index (κ1) is 17.8. The lowest BCUT2D eigenvalue weighted by atomic mass is 10.2. The lowest BCUT2D eigenvalue weighted by Gasteiger charge is -2.16. The third-order valence-corrected chi connectivity index (χ3v) is 5.14.